The molecule has 2 fully saturated rings. The monoisotopic (exact) mass is 337 g/mol. The van der Waals surface area contributed by atoms with Crippen LogP contribution in [0.1, 0.15) is 62.0 Å². The summed E-state index contributed by atoms with van der Waals surface area (Å²) in [5, 5.41) is 3.66. The average Bonchev–Trinajstić information content (AvgIpc) is 2.62. The van der Waals surface area contributed by atoms with E-state index in [0.29, 0.717) is 17.5 Å². The number of hydrogen-bond donors (Lipinski definition) is 1. The minimum atomic E-state index is -0.732. The summed E-state index contributed by atoms with van der Waals surface area (Å²) >= 11 is 0. The zero-order chi connectivity index (χ0) is 16.9. The highest BCUT2D eigenvalue weighted by atomic mass is 19.2. The summed E-state index contributed by atoms with van der Waals surface area (Å²) in [4.78, 5) is 0. The first kappa shape index (κ1) is 17.8. The molecule has 1 aromatic carbocycles. The predicted molar refractivity (Wildman–Crippen MR) is 92.3 cm³/mol. The molecule has 1 heterocycles. The van der Waals surface area contributed by atoms with Crippen LogP contribution in [0.3, 0.4) is 0 Å². The van der Waals surface area contributed by atoms with Gasteiger partial charge in [0.05, 0.1) is 0 Å². The summed E-state index contributed by atoms with van der Waals surface area (Å²) in [7, 11) is 0. The summed E-state index contributed by atoms with van der Waals surface area (Å²) in [5.74, 6) is -0.251. The summed E-state index contributed by atoms with van der Waals surface area (Å²) in [6.45, 7) is 4.56. The first-order valence-electron chi connectivity index (χ1n) is 9.40. The van der Waals surface area contributed by atoms with Gasteiger partial charge in [0.2, 0.25) is 0 Å². The maximum Gasteiger partial charge on any atom is 0.162 e. The number of halogens is 2. The molecule has 0 unspecified atom stereocenters. The average molecular weight is 337 g/mol. The smallest absolute Gasteiger partial charge is 0.162 e. The van der Waals surface area contributed by atoms with E-state index in [1.165, 1.54) is 25.3 Å². The topological polar surface area (TPSA) is 21.3 Å². The van der Waals surface area contributed by atoms with E-state index in [0.717, 1.165) is 56.9 Å². The lowest BCUT2D eigenvalue weighted by Crippen LogP contribution is -2.36. The van der Waals surface area contributed by atoms with Crippen molar-refractivity contribution < 1.29 is 13.5 Å². The molecule has 1 N–H and O–H groups in total. The highest BCUT2D eigenvalue weighted by molar-refractivity contribution is 5.31. The molecule has 1 saturated carbocycles. The van der Waals surface area contributed by atoms with Crippen molar-refractivity contribution in [2.45, 2.75) is 63.8 Å². The van der Waals surface area contributed by atoms with Gasteiger partial charge in [-0.1, -0.05) is 6.07 Å². The van der Waals surface area contributed by atoms with E-state index in [1.54, 1.807) is 13.0 Å². The molecule has 24 heavy (non-hydrogen) atoms. The van der Waals surface area contributed by atoms with Gasteiger partial charge >= 0.3 is 0 Å². The molecule has 0 amide bonds. The van der Waals surface area contributed by atoms with Gasteiger partial charge in [0, 0.05) is 19.3 Å². The van der Waals surface area contributed by atoms with Crippen LogP contribution in [0.25, 0.3) is 0 Å². The standard InChI is InChI=1S/C20H29F2NO/c1-14-18(6-7-19(21)20(14)22)16-4-2-15(3-5-16)8-11-23-17-9-12-24-13-10-17/h6-7,15-17,23H,2-5,8-13H2,1H3/t15-,16-. The van der Waals surface area contributed by atoms with Crippen LogP contribution in [0.5, 0.6) is 0 Å². The second-order valence-corrected chi connectivity index (χ2v) is 7.42. The molecule has 2 aliphatic rings. The first-order valence-corrected chi connectivity index (χ1v) is 9.40. The quantitative estimate of drug-likeness (QED) is 0.840. The van der Waals surface area contributed by atoms with Crippen molar-refractivity contribution in [3.05, 3.63) is 34.9 Å². The van der Waals surface area contributed by atoms with Gasteiger partial charge in [-0.05, 0) is 87.4 Å². The molecule has 1 saturated heterocycles. The SMILES string of the molecule is Cc1c(F)c(F)ccc1[C@H]1CC[C@H](CCNC2CCOCC2)CC1. The third-order valence-electron chi connectivity index (χ3n) is 5.87. The van der Waals surface area contributed by atoms with Gasteiger partial charge in [0.1, 0.15) is 0 Å². The molecule has 0 aromatic heterocycles. The maximum atomic E-state index is 13.8. The van der Waals surface area contributed by atoms with Crippen molar-refractivity contribution in [2.75, 3.05) is 19.8 Å². The Morgan fingerprint density at radius 2 is 1.75 bits per heavy atom. The van der Waals surface area contributed by atoms with Gasteiger partial charge in [-0.15, -0.1) is 0 Å². The molecule has 134 valence electrons. The fourth-order valence-electron chi connectivity index (χ4n) is 4.26. The molecule has 0 radical (unpaired) electrons. The lowest BCUT2D eigenvalue weighted by atomic mass is 9.76. The molecular formula is C20H29F2NO. The molecule has 2 nitrogen and oxygen atoms in total. The molecule has 1 aromatic rings. The molecule has 1 aliphatic heterocycles. The Balaban J connectivity index is 1.43. The van der Waals surface area contributed by atoms with Crippen molar-refractivity contribution in [1.29, 1.82) is 0 Å². The highest BCUT2D eigenvalue weighted by Gasteiger charge is 2.25. The second kappa shape index (κ2) is 8.39. The van der Waals surface area contributed by atoms with E-state index in [2.05, 4.69) is 5.32 Å². The van der Waals surface area contributed by atoms with Crippen LogP contribution in [0, 0.1) is 24.5 Å². The van der Waals surface area contributed by atoms with E-state index in [4.69, 9.17) is 4.74 Å². The largest absolute Gasteiger partial charge is 0.381 e. The molecule has 3 rings (SSSR count). The van der Waals surface area contributed by atoms with Crippen LogP contribution >= 0.6 is 0 Å². The zero-order valence-corrected chi connectivity index (χ0v) is 14.6. The lowest BCUT2D eigenvalue weighted by Gasteiger charge is -2.30. The van der Waals surface area contributed by atoms with Gasteiger partial charge in [0.15, 0.2) is 11.6 Å². The minimum Gasteiger partial charge on any atom is -0.381 e. The zero-order valence-electron chi connectivity index (χ0n) is 14.6. The Labute approximate surface area is 144 Å². The second-order valence-electron chi connectivity index (χ2n) is 7.42. The Bertz CT molecular complexity index is 535. The summed E-state index contributed by atoms with van der Waals surface area (Å²) in [5.41, 5.74) is 1.51. The van der Waals surface area contributed by atoms with Gasteiger partial charge < -0.3 is 10.1 Å². The van der Waals surface area contributed by atoms with Crippen molar-refractivity contribution in [2.24, 2.45) is 5.92 Å². The first-order chi connectivity index (χ1) is 11.6. The third-order valence-corrected chi connectivity index (χ3v) is 5.87. The van der Waals surface area contributed by atoms with Gasteiger partial charge in [-0.2, -0.15) is 0 Å². The molecule has 1 aliphatic carbocycles. The van der Waals surface area contributed by atoms with Gasteiger partial charge in [-0.25, -0.2) is 8.78 Å². The Morgan fingerprint density at radius 1 is 1.04 bits per heavy atom. The number of benzene rings is 1. The van der Waals surface area contributed by atoms with Gasteiger partial charge in [0.25, 0.3) is 0 Å². The van der Waals surface area contributed by atoms with E-state index in [9.17, 15) is 8.78 Å². The predicted octanol–water partition coefficient (Wildman–Crippen LogP) is 4.71. The van der Waals surface area contributed by atoms with E-state index in [1.807, 2.05) is 0 Å². The highest BCUT2D eigenvalue weighted by Crippen LogP contribution is 2.38. The Hall–Kier alpha value is -1.00. The van der Waals surface area contributed by atoms with Gasteiger partial charge in [-0.3, -0.25) is 0 Å². The van der Waals surface area contributed by atoms with E-state index in [-0.39, 0.29) is 0 Å². The van der Waals surface area contributed by atoms with Crippen molar-refractivity contribution in [1.82, 2.24) is 5.32 Å². The number of rotatable bonds is 5. The maximum absolute atomic E-state index is 13.8. The van der Waals surface area contributed by atoms with Crippen LogP contribution in [-0.2, 0) is 4.74 Å². The molecular weight excluding hydrogens is 308 g/mol. The number of nitrogens with one attached hydrogen (secondary N) is 1. The normalized spacial score (nSPS) is 25.8. The molecule has 0 spiro atoms. The Morgan fingerprint density at radius 3 is 2.46 bits per heavy atom. The Kier molecular flexibility index (Phi) is 6.23. The third kappa shape index (κ3) is 4.34. The van der Waals surface area contributed by atoms with E-state index >= 15 is 0 Å². The summed E-state index contributed by atoms with van der Waals surface area (Å²) < 4.78 is 32.5. The van der Waals surface area contributed by atoms with Crippen LogP contribution in [0.15, 0.2) is 12.1 Å². The van der Waals surface area contributed by atoms with Crippen molar-refractivity contribution in [3.8, 4) is 0 Å². The van der Waals surface area contributed by atoms with E-state index < -0.39 is 11.6 Å². The van der Waals surface area contributed by atoms with Crippen LogP contribution in [-0.4, -0.2) is 25.8 Å². The lowest BCUT2D eigenvalue weighted by molar-refractivity contribution is 0.0775. The van der Waals surface area contributed by atoms with Crippen molar-refractivity contribution in [3.63, 3.8) is 0 Å². The molecule has 0 bridgehead atoms. The van der Waals surface area contributed by atoms with Crippen molar-refractivity contribution >= 4 is 0 Å². The fourth-order valence-corrected chi connectivity index (χ4v) is 4.26. The fraction of sp³-hybridized carbons (Fsp3) is 0.700. The summed E-state index contributed by atoms with van der Waals surface area (Å²) in [6.07, 6.45) is 8.05. The number of hydrogen-bond acceptors (Lipinski definition) is 2. The van der Waals surface area contributed by atoms with Crippen LogP contribution in [0.4, 0.5) is 8.78 Å². The molecule has 0 atom stereocenters. The van der Waals surface area contributed by atoms with Crippen LogP contribution in [0.2, 0.25) is 0 Å². The molecule has 4 heteroatoms. The summed E-state index contributed by atoms with van der Waals surface area (Å²) in [6, 6.07) is 3.69. The van der Waals surface area contributed by atoms with Crippen LogP contribution < -0.4 is 5.32 Å². The minimum absolute atomic E-state index is 0.389. The number of ether oxygens (including phenoxy) is 1.